The third-order valence-corrected chi connectivity index (χ3v) is 12.9. The fourth-order valence-electron chi connectivity index (χ4n) is 7.46. The second kappa shape index (κ2) is 39.5. The molecule has 0 heterocycles. The number of alkyl halides is 1. The van der Waals surface area contributed by atoms with Crippen molar-refractivity contribution in [3.63, 3.8) is 0 Å². The standard InChI is InChI=1S/C28H41BrO.C16H33Br.C12H9BrO/c1-2-3-4-5-6-7-8-9-10-11-12-13-14-15-24-30-28-22-18-26(19-23-28)25-16-20-27(29)21-17-25;1-2-3-4-5-6-7-8-9-10-11-12-13-14-15-16-17;13-11-5-1-9(2-6-11)10-3-7-12(14)8-4-10/h16-23H,2-15,24H2,1H3;2-16H2,1H3;1-8,14H. The van der Waals surface area contributed by atoms with Crippen LogP contribution in [0.1, 0.15) is 194 Å². The van der Waals surface area contributed by atoms with E-state index in [1.807, 2.05) is 36.4 Å². The van der Waals surface area contributed by atoms with Crippen molar-refractivity contribution in [1.29, 1.82) is 0 Å². The summed E-state index contributed by atoms with van der Waals surface area (Å²) in [5, 5.41) is 10.3. The minimum Gasteiger partial charge on any atom is -0.508 e. The first-order valence-electron chi connectivity index (χ1n) is 24.6. The van der Waals surface area contributed by atoms with Crippen molar-refractivity contribution >= 4 is 47.8 Å². The van der Waals surface area contributed by atoms with E-state index in [0.717, 1.165) is 38.8 Å². The van der Waals surface area contributed by atoms with Gasteiger partial charge < -0.3 is 9.84 Å². The molecule has 0 amide bonds. The van der Waals surface area contributed by atoms with E-state index in [2.05, 4.69) is 110 Å². The Morgan fingerprint density at radius 2 is 0.607 bits per heavy atom. The first kappa shape index (κ1) is 55.1. The molecule has 61 heavy (non-hydrogen) atoms. The number of hydrogen-bond acceptors (Lipinski definition) is 2. The molecule has 0 aliphatic heterocycles. The molecule has 0 fully saturated rings. The van der Waals surface area contributed by atoms with E-state index in [-0.39, 0.29) is 0 Å². The van der Waals surface area contributed by atoms with Crippen LogP contribution in [0.5, 0.6) is 11.5 Å². The SMILES string of the molecule is CCCCCCCCCCCCCCCCBr.CCCCCCCCCCCCCCCCOc1ccc(-c2ccc(Br)cc2)cc1.Oc1ccc(-c2ccc(Br)cc2)cc1. The van der Waals surface area contributed by atoms with Crippen LogP contribution >= 0.6 is 47.8 Å². The molecule has 4 rings (SSSR count). The minimum atomic E-state index is 0.297. The molecule has 4 aromatic rings. The Hall–Kier alpha value is -2.08. The molecule has 0 spiro atoms. The van der Waals surface area contributed by atoms with Gasteiger partial charge in [0.15, 0.2) is 0 Å². The van der Waals surface area contributed by atoms with Gasteiger partial charge in [0.1, 0.15) is 11.5 Å². The maximum absolute atomic E-state index is 9.14. The quantitative estimate of drug-likeness (QED) is 0.0390. The van der Waals surface area contributed by atoms with Crippen molar-refractivity contribution in [3.8, 4) is 33.8 Å². The molecule has 0 saturated carbocycles. The number of aromatic hydroxyl groups is 1. The van der Waals surface area contributed by atoms with Gasteiger partial charge in [-0.15, -0.1) is 0 Å². The summed E-state index contributed by atoms with van der Waals surface area (Å²) in [6.07, 6.45) is 39.8. The van der Waals surface area contributed by atoms with Crippen LogP contribution in [0.4, 0.5) is 0 Å². The van der Waals surface area contributed by atoms with Crippen LogP contribution in [-0.2, 0) is 0 Å². The number of ether oxygens (including phenoxy) is 1. The molecular formula is C56H83Br3O2. The topological polar surface area (TPSA) is 29.5 Å². The lowest BCUT2D eigenvalue weighted by Crippen LogP contribution is -1.97. The van der Waals surface area contributed by atoms with E-state index in [4.69, 9.17) is 9.84 Å². The Balaban J connectivity index is 0.000000348. The van der Waals surface area contributed by atoms with Gasteiger partial charge in [0.05, 0.1) is 6.61 Å². The van der Waals surface area contributed by atoms with Gasteiger partial charge in [0, 0.05) is 14.3 Å². The summed E-state index contributed by atoms with van der Waals surface area (Å²) in [6, 6.07) is 32.1. The highest BCUT2D eigenvalue weighted by Gasteiger charge is 2.01. The fourth-order valence-corrected chi connectivity index (χ4v) is 8.38. The predicted octanol–water partition coefficient (Wildman–Crippen LogP) is 20.7. The second-order valence-corrected chi connectivity index (χ2v) is 19.4. The maximum atomic E-state index is 9.14. The summed E-state index contributed by atoms with van der Waals surface area (Å²) in [7, 11) is 0. The summed E-state index contributed by atoms with van der Waals surface area (Å²) in [5.74, 6) is 1.27. The van der Waals surface area contributed by atoms with Crippen molar-refractivity contribution in [2.24, 2.45) is 0 Å². The lowest BCUT2D eigenvalue weighted by atomic mass is 10.0. The summed E-state index contributed by atoms with van der Waals surface area (Å²) in [6.45, 7) is 5.41. The van der Waals surface area contributed by atoms with Crippen LogP contribution in [0.3, 0.4) is 0 Å². The van der Waals surface area contributed by atoms with Gasteiger partial charge in [-0.3, -0.25) is 0 Å². The fraction of sp³-hybridized carbons (Fsp3) is 0.571. The highest BCUT2D eigenvalue weighted by Crippen LogP contribution is 2.25. The van der Waals surface area contributed by atoms with Crippen molar-refractivity contribution in [2.45, 2.75) is 194 Å². The second-order valence-electron chi connectivity index (χ2n) is 16.8. The Morgan fingerprint density at radius 1 is 0.344 bits per heavy atom. The number of rotatable bonds is 32. The molecule has 0 aromatic heterocycles. The molecule has 2 nitrogen and oxygen atoms in total. The third-order valence-electron chi connectivity index (χ3n) is 11.3. The largest absolute Gasteiger partial charge is 0.508 e. The van der Waals surface area contributed by atoms with E-state index < -0.39 is 0 Å². The van der Waals surface area contributed by atoms with Gasteiger partial charge in [-0.25, -0.2) is 0 Å². The maximum Gasteiger partial charge on any atom is 0.119 e. The zero-order valence-corrected chi connectivity index (χ0v) is 43.2. The molecule has 4 aromatic carbocycles. The molecule has 0 saturated heterocycles. The highest BCUT2D eigenvalue weighted by atomic mass is 79.9. The molecule has 5 heteroatoms. The van der Waals surface area contributed by atoms with Gasteiger partial charge in [0.25, 0.3) is 0 Å². The Labute approximate surface area is 400 Å². The van der Waals surface area contributed by atoms with E-state index >= 15 is 0 Å². The highest BCUT2D eigenvalue weighted by molar-refractivity contribution is 9.10. The third kappa shape index (κ3) is 30.6. The summed E-state index contributed by atoms with van der Waals surface area (Å²) in [4.78, 5) is 0. The van der Waals surface area contributed by atoms with E-state index in [1.54, 1.807) is 12.1 Å². The molecular weight excluding hydrogens is 944 g/mol. The first-order chi connectivity index (χ1) is 30.0. The zero-order valence-electron chi connectivity index (χ0n) is 38.4. The normalized spacial score (nSPS) is 10.8. The smallest absolute Gasteiger partial charge is 0.119 e. The molecule has 0 bridgehead atoms. The van der Waals surface area contributed by atoms with Crippen LogP contribution in [0.2, 0.25) is 0 Å². The van der Waals surface area contributed by atoms with Crippen LogP contribution in [0.25, 0.3) is 22.3 Å². The Morgan fingerprint density at radius 3 is 0.918 bits per heavy atom. The van der Waals surface area contributed by atoms with Crippen LogP contribution in [0.15, 0.2) is 106 Å². The number of benzene rings is 4. The molecule has 0 radical (unpaired) electrons. The number of hydrogen-bond donors (Lipinski definition) is 1. The minimum absolute atomic E-state index is 0.297. The van der Waals surface area contributed by atoms with Crippen LogP contribution in [-0.4, -0.2) is 17.0 Å². The van der Waals surface area contributed by atoms with Crippen LogP contribution < -0.4 is 4.74 Å². The monoisotopic (exact) mass is 1020 g/mol. The number of phenols is 1. The van der Waals surface area contributed by atoms with Crippen molar-refractivity contribution in [2.75, 3.05) is 11.9 Å². The summed E-state index contributed by atoms with van der Waals surface area (Å²) in [5.41, 5.74) is 4.71. The van der Waals surface area contributed by atoms with Gasteiger partial charge in [0.2, 0.25) is 0 Å². The lowest BCUT2D eigenvalue weighted by Gasteiger charge is -2.08. The molecule has 0 atom stereocenters. The first-order valence-corrected chi connectivity index (χ1v) is 27.3. The molecule has 340 valence electrons. The van der Waals surface area contributed by atoms with Crippen LogP contribution in [0, 0.1) is 0 Å². The van der Waals surface area contributed by atoms with Crippen molar-refractivity contribution in [3.05, 3.63) is 106 Å². The number of phenolic OH excluding ortho intramolecular Hbond substituents is 1. The summed E-state index contributed by atoms with van der Waals surface area (Å²) >= 11 is 10.4. The Bertz CT molecular complexity index is 1460. The van der Waals surface area contributed by atoms with E-state index in [9.17, 15) is 0 Å². The average Bonchev–Trinajstić information content (AvgIpc) is 3.28. The molecule has 0 unspecified atom stereocenters. The van der Waals surface area contributed by atoms with E-state index in [1.165, 1.54) is 190 Å². The average molecular weight is 1030 g/mol. The number of halogens is 3. The lowest BCUT2D eigenvalue weighted by molar-refractivity contribution is 0.304. The Kier molecular flexibility index (Phi) is 35.7. The molecule has 0 aliphatic carbocycles. The van der Waals surface area contributed by atoms with Gasteiger partial charge in [-0.05, 0) is 83.6 Å². The predicted molar refractivity (Wildman–Crippen MR) is 281 cm³/mol. The van der Waals surface area contributed by atoms with E-state index in [0.29, 0.717) is 5.75 Å². The van der Waals surface area contributed by atoms with Gasteiger partial charge in [-0.1, -0.05) is 277 Å². The van der Waals surface area contributed by atoms with Gasteiger partial charge in [-0.2, -0.15) is 0 Å². The van der Waals surface area contributed by atoms with Crippen molar-refractivity contribution < 1.29 is 9.84 Å². The van der Waals surface area contributed by atoms with Crippen molar-refractivity contribution in [1.82, 2.24) is 0 Å². The van der Waals surface area contributed by atoms with Gasteiger partial charge >= 0.3 is 0 Å². The zero-order chi connectivity index (χ0) is 43.9. The molecule has 0 aliphatic rings. The summed E-state index contributed by atoms with van der Waals surface area (Å²) < 4.78 is 8.10. The number of unbranched alkanes of at least 4 members (excludes halogenated alkanes) is 26. The molecule has 1 N–H and O–H groups in total.